The maximum Gasteiger partial charge on any atom is 0.119 e. The average Bonchev–Trinajstić information content (AvgIpc) is 2.89. The normalized spacial score (nSPS) is 20.7. The molecule has 216 valence electrons. The number of hydrogen-bond donors (Lipinski definition) is 4. The fourth-order valence-corrected chi connectivity index (χ4v) is 7.17. The molecule has 2 unspecified atom stereocenters. The fourth-order valence-electron chi connectivity index (χ4n) is 7.17. The minimum atomic E-state index is -0.697. The van der Waals surface area contributed by atoms with Gasteiger partial charge in [-0.05, 0) is 101 Å². The molecule has 0 radical (unpaired) electrons. The van der Waals surface area contributed by atoms with Gasteiger partial charge in [-0.15, -0.1) is 0 Å². The van der Waals surface area contributed by atoms with Crippen molar-refractivity contribution in [2.75, 3.05) is 28.2 Å². The van der Waals surface area contributed by atoms with E-state index in [0.29, 0.717) is 19.3 Å². The summed E-state index contributed by atoms with van der Waals surface area (Å²) in [5, 5.41) is 44.4. The molecule has 2 aromatic rings. The summed E-state index contributed by atoms with van der Waals surface area (Å²) in [7, 11) is 8.14. The van der Waals surface area contributed by atoms with Crippen molar-refractivity contribution in [3.63, 3.8) is 0 Å². The van der Waals surface area contributed by atoms with Crippen molar-refractivity contribution < 1.29 is 20.4 Å². The smallest absolute Gasteiger partial charge is 0.119 e. The van der Waals surface area contributed by atoms with Crippen molar-refractivity contribution in [1.82, 2.24) is 9.80 Å². The van der Waals surface area contributed by atoms with E-state index in [2.05, 4.69) is 9.80 Å². The van der Waals surface area contributed by atoms with Crippen molar-refractivity contribution in [1.29, 1.82) is 0 Å². The second-order valence-electron chi connectivity index (χ2n) is 12.8. The van der Waals surface area contributed by atoms with Crippen LogP contribution in [0.5, 0.6) is 11.5 Å². The molecule has 4 rings (SSSR count). The molecule has 6 nitrogen and oxygen atoms in total. The summed E-state index contributed by atoms with van der Waals surface area (Å²) in [6, 6.07) is 11.4. The Bertz CT molecular complexity index is 1000. The Balaban J connectivity index is 1.54. The third-order valence-corrected chi connectivity index (χ3v) is 9.45. The van der Waals surface area contributed by atoms with Gasteiger partial charge in [-0.25, -0.2) is 0 Å². The lowest BCUT2D eigenvalue weighted by molar-refractivity contribution is -0.0604. The Morgan fingerprint density at radius 3 is 1.31 bits per heavy atom. The third kappa shape index (κ3) is 7.15. The Labute approximate surface area is 235 Å². The molecule has 0 amide bonds. The van der Waals surface area contributed by atoms with Crippen LogP contribution < -0.4 is 0 Å². The molecule has 39 heavy (non-hydrogen) atoms. The highest BCUT2D eigenvalue weighted by Gasteiger charge is 2.40. The lowest BCUT2D eigenvalue weighted by Crippen LogP contribution is -2.52. The lowest BCUT2D eigenvalue weighted by Gasteiger charge is -2.42. The Kier molecular flexibility index (Phi) is 9.64. The second-order valence-corrected chi connectivity index (χ2v) is 12.8. The molecule has 0 saturated heterocycles. The minimum Gasteiger partial charge on any atom is -0.508 e. The number of nitrogens with zero attached hydrogens (tertiary/aromatic N) is 2. The first-order valence-corrected chi connectivity index (χ1v) is 14.9. The van der Waals surface area contributed by atoms with Crippen molar-refractivity contribution >= 4 is 0 Å². The zero-order valence-electron chi connectivity index (χ0n) is 24.5. The van der Waals surface area contributed by atoms with Crippen LogP contribution in [0, 0.1) is 0 Å². The van der Waals surface area contributed by atoms with Crippen LogP contribution in [-0.2, 0) is 19.3 Å². The van der Waals surface area contributed by atoms with Crippen LogP contribution >= 0.6 is 0 Å². The number of aliphatic hydroxyl groups is 2. The molecule has 2 aliphatic rings. The average molecular weight is 539 g/mol. The molecule has 2 aromatic carbocycles. The summed E-state index contributed by atoms with van der Waals surface area (Å²) in [6.07, 6.45) is 11.7. The number of aromatic hydroxyl groups is 2. The molecule has 0 bridgehead atoms. The van der Waals surface area contributed by atoms with E-state index >= 15 is 0 Å². The Morgan fingerprint density at radius 2 is 0.974 bits per heavy atom. The van der Waals surface area contributed by atoms with Crippen molar-refractivity contribution in [3.05, 3.63) is 58.7 Å². The predicted molar refractivity (Wildman–Crippen MR) is 157 cm³/mol. The van der Waals surface area contributed by atoms with Gasteiger partial charge in [0.1, 0.15) is 11.5 Å². The molecular formula is C33H50N2O4. The predicted octanol–water partition coefficient (Wildman–Crippen LogP) is 5.02. The summed E-state index contributed by atoms with van der Waals surface area (Å²) in [6.45, 7) is 0. The Morgan fingerprint density at radius 1 is 0.615 bits per heavy atom. The van der Waals surface area contributed by atoms with Gasteiger partial charge in [-0.3, -0.25) is 0 Å². The fraction of sp³-hybridized carbons (Fsp3) is 0.636. The molecule has 2 aliphatic carbocycles. The van der Waals surface area contributed by atoms with Crippen molar-refractivity contribution in [3.8, 4) is 11.5 Å². The molecule has 0 spiro atoms. The van der Waals surface area contributed by atoms with Gasteiger partial charge in [-0.2, -0.15) is 0 Å². The van der Waals surface area contributed by atoms with Gasteiger partial charge in [-0.1, -0.05) is 62.8 Å². The van der Waals surface area contributed by atoms with E-state index < -0.39 is 11.2 Å². The minimum absolute atomic E-state index is 0.000445. The summed E-state index contributed by atoms with van der Waals surface area (Å²) in [4.78, 5) is 4.27. The molecular weight excluding hydrogens is 488 g/mol. The van der Waals surface area contributed by atoms with E-state index in [1.807, 2.05) is 52.5 Å². The molecule has 0 aromatic heterocycles. The van der Waals surface area contributed by atoms with Crippen LogP contribution in [0.3, 0.4) is 0 Å². The number of phenolic OH excluding ortho intramolecular Hbond substituents is 2. The molecule has 0 heterocycles. The number of phenols is 2. The Hall–Kier alpha value is -2.12. The van der Waals surface area contributed by atoms with Gasteiger partial charge in [0.25, 0.3) is 0 Å². The quantitative estimate of drug-likeness (QED) is 0.340. The maximum absolute atomic E-state index is 11.5. The zero-order valence-corrected chi connectivity index (χ0v) is 24.5. The third-order valence-electron chi connectivity index (χ3n) is 9.45. The zero-order chi connectivity index (χ0) is 28.2. The highest BCUT2D eigenvalue weighted by molar-refractivity contribution is 5.45. The first-order valence-electron chi connectivity index (χ1n) is 14.9. The SMILES string of the molecule is CN(C)C(Cc1ccc(O)c(Cc2cc(CC(N(C)C)C3(O)CCCCC3)ccc2O)c1)C1(O)CCCCC1. The largest absolute Gasteiger partial charge is 0.508 e. The van der Waals surface area contributed by atoms with E-state index in [1.165, 1.54) is 12.8 Å². The maximum atomic E-state index is 11.5. The molecule has 2 atom stereocenters. The highest BCUT2D eigenvalue weighted by Crippen LogP contribution is 2.37. The first kappa shape index (κ1) is 29.9. The van der Waals surface area contributed by atoms with Crippen molar-refractivity contribution in [2.45, 2.75) is 107 Å². The van der Waals surface area contributed by atoms with E-state index in [-0.39, 0.29) is 23.6 Å². The highest BCUT2D eigenvalue weighted by atomic mass is 16.3. The summed E-state index contributed by atoms with van der Waals surface area (Å²) < 4.78 is 0. The van der Waals surface area contributed by atoms with Crippen LogP contribution in [0.2, 0.25) is 0 Å². The summed E-state index contributed by atoms with van der Waals surface area (Å²) >= 11 is 0. The summed E-state index contributed by atoms with van der Waals surface area (Å²) in [5.74, 6) is 0.424. The molecule has 4 N–H and O–H groups in total. The number of likely N-dealkylation sites (N-methyl/N-ethyl adjacent to an activating group) is 2. The number of benzene rings is 2. The van der Waals surface area contributed by atoms with Gasteiger partial charge in [0, 0.05) is 18.5 Å². The standard InChI is InChI=1S/C33H50N2O4/c1-34(2)30(32(38)15-7-5-8-16-32)21-24-11-13-28(36)26(19-24)23-27-20-25(12-14-29(27)37)22-31(35(3)4)33(39)17-9-6-10-18-33/h11-14,19-20,30-31,36-39H,5-10,15-18,21-23H2,1-4H3. The van der Waals surface area contributed by atoms with E-state index in [1.54, 1.807) is 12.1 Å². The lowest BCUT2D eigenvalue weighted by atomic mass is 9.76. The van der Waals surface area contributed by atoms with Gasteiger partial charge in [0.15, 0.2) is 0 Å². The van der Waals surface area contributed by atoms with Crippen LogP contribution in [0.4, 0.5) is 0 Å². The summed E-state index contributed by atoms with van der Waals surface area (Å²) in [5.41, 5.74) is 2.29. The van der Waals surface area contributed by atoms with Crippen LogP contribution in [0.1, 0.15) is 86.5 Å². The van der Waals surface area contributed by atoms with Crippen molar-refractivity contribution in [2.24, 2.45) is 0 Å². The van der Waals surface area contributed by atoms with Crippen LogP contribution in [0.25, 0.3) is 0 Å². The van der Waals surface area contributed by atoms with Gasteiger partial charge >= 0.3 is 0 Å². The molecule has 0 aliphatic heterocycles. The van der Waals surface area contributed by atoms with E-state index in [9.17, 15) is 20.4 Å². The van der Waals surface area contributed by atoms with E-state index in [4.69, 9.17) is 0 Å². The van der Waals surface area contributed by atoms with Gasteiger partial charge < -0.3 is 30.2 Å². The molecule has 2 fully saturated rings. The first-order chi connectivity index (χ1) is 18.5. The topological polar surface area (TPSA) is 87.4 Å². The van der Waals surface area contributed by atoms with E-state index in [0.717, 1.165) is 73.6 Å². The van der Waals surface area contributed by atoms with Crippen LogP contribution in [0.15, 0.2) is 36.4 Å². The monoisotopic (exact) mass is 538 g/mol. The number of rotatable bonds is 10. The van der Waals surface area contributed by atoms with Gasteiger partial charge in [0.2, 0.25) is 0 Å². The molecule has 2 saturated carbocycles. The number of hydrogen-bond acceptors (Lipinski definition) is 6. The van der Waals surface area contributed by atoms with Gasteiger partial charge in [0.05, 0.1) is 11.2 Å². The van der Waals surface area contributed by atoms with Crippen LogP contribution in [-0.4, -0.2) is 81.7 Å². The second kappa shape index (κ2) is 12.6. The molecule has 6 heteroatoms.